The molecular formula is C21H21N7O3S. The molecule has 1 aliphatic rings. The Labute approximate surface area is 188 Å². The van der Waals surface area contributed by atoms with Crippen LogP contribution < -0.4 is 15.5 Å². The number of hydrogen-bond acceptors (Lipinski definition) is 7. The van der Waals surface area contributed by atoms with Crippen LogP contribution >= 0.6 is 11.8 Å². The van der Waals surface area contributed by atoms with Gasteiger partial charge in [-0.15, -0.1) is 5.10 Å². The van der Waals surface area contributed by atoms with E-state index >= 15 is 0 Å². The summed E-state index contributed by atoms with van der Waals surface area (Å²) in [5.74, 6) is -0.230. The van der Waals surface area contributed by atoms with Gasteiger partial charge < -0.3 is 15.5 Å². The van der Waals surface area contributed by atoms with Gasteiger partial charge in [0, 0.05) is 42.6 Å². The molecule has 0 aliphatic carbocycles. The van der Waals surface area contributed by atoms with Crippen LogP contribution in [0, 0.1) is 0 Å². The number of carbonyl (C=O) groups is 3. The Bertz CT molecular complexity index is 1150. The zero-order valence-electron chi connectivity index (χ0n) is 17.3. The quantitative estimate of drug-likeness (QED) is 0.529. The smallest absolute Gasteiger partial charge is 0.255 e. The molecule has 1 fully saturated rings. The van der Waals surface area contributed by atoms with Crippen LogP contribution in [0.15, 0.2) is 53.7 Å². The molecule has 0 saturated carbocycles. The second kappa shape index (κ2) is 9.60. The summed E-state index contributed by atoms with van der Waals surface area (Å²) in [4.78, 5) is 38.4. The molecule has 4 rings (SSSR count). The van der Waals surface area contributed by atoms with E-state index in [0.29, 0.717) is 35.1 Å². The fourth-order valence-corrected chi connectivity index (χ4v) is 3.90. The molecule has 0 unspecified atom stereocenters. The fraction of sp³-hybridized carbons (Fsp3) is 0.238. The van der Waals surface area contributed by atoms with E-state index < -0.39 is 0 Å². The summed E-state index contributed by atoms with van der Waals surface area (Å²) in [6.07, 6.45) is 1.39. The van der Waals surface area contributed by atoms with Crippen LogP contribution in [0.2, 0.25) is 0 Å². The molecule has 0 atom stereocenters. The normalized spacial score (nSPS) is 13.3. The number of aryl methyl sites for hydroxylation is 1. The van der Waals surface area contributed by atoms with E-state index in [9.17, 15) is 14.4 Å². The summed E-state index contributed by atoms with van der Waals surface area (Å²) in [7, 11) is 1.70. The van der Waals surface area contributed by atoms with E-state index in [1.807, 2.05) is 12.1 Å². The van der Waals surface area contributed by atoms with Crippen molar-refractivity contribution in [1.29, 1.82) is 0 Å². The number of amides is 3. The highest BCUT2D eigenvalue weighted by Gasteiger charge is 2.21. The number of carbonyl (C=O) groups excluding carboxylic acids is 3. The molecule has 164 valence electrons. The van der Waals surface area contributed by atoms with Gasteiger partial charge in [-0.1, -0.05) is 17.8 Å². The highest BCUT2D eigenvalue weighted by atomic mass is 32.2. The number of aromatic nitrogens is 4. The lowest BCUT2D eigenvalue weighted by molar-refractivity contribution is -0.117. The summed E-state index contributed by atoms with van der Waals surface area (Å²) < 4.78 is 1.49. The van der Waals surface area contributed by atoms with Gasteiger partial charge in [-0.3, -0.25) is 14.4 Å². The van der Waals surface area contributed by atoms with Gasteiger partial charge in [0.25, 0.3) is 5.91 Å². The maximum Gasteiger partial charge on any atom is 0.255 e. The number of benzene rings is 2. The molecule has 0 bridgehead atoms. The Morgan fingerprint density at radius 1 is 1.09 bits per heavy atom. The van der Waals surface area contributed by atoms with Crippen LogP contribution in [0.4, 0.5) is 17.1 Å². The first-order chi connectivity index (χ1) is 15.5. The summed E-state index contributed by atoms with van der Waals surface area (Å²) in [6, 6.07) is 13.8. The van der Waals surface area contributed by atoms with Crippen LogP contribution in [0.5, 0.6) is 0 Å². The SMILES string of the molecule is Cn1nnnc1SCC(=O)Nc1ccc(C(=O)Nc2cccc(N3CCCC3=O)c2)cc1. The molecule has 11 heteroatoms. The lowest BCUT2D eigenvalue weighted by Crippen LogP contribution is -2.23. The van der Waals surface area contributed by atoms with Crippen molar-refractivity contribution in [2.24, 2.45) is 7.05 Å². The first kappa shape index (κ1) is 21.5. The molecule has 3 amide bonds. The number of thioether (sulfide) groups is 1. The molecule has 32 heavy (non-hydrogen) atoms. The third kappa shape index (κ3) is 5.11. The lowest BCUT2D eigenvalue weighted by Gasteiger charge is -2.16. The minimum Gasteiger partial charge on any atom is -0.325 e. The Balaban J connectivity index is 1.32. The summed E-state index contributed by atoms with van der Waals surface area (Å²) >= 11 is 1.23. The zero-order valence-corrected chi connectivity index (χ0v) is 18.1. The van der Waals surface area contributed by atoms with Crippen molar-refractivity contribution in [3.63, 3.8) is 0 Å². The van der Waals surface area contributed by atoms with E-state index in [1.165, 1.54) is 16.4 Å². The van der Waals surface area contributed by atoms with Gasteiger partial charge >= 0.3 is 0 Å². The van der Waals surface area contributed by atoms with Crippen molar-refractivity contribution in [1.82, 2.24) is 20.2 Å². The van der Waals surface area contributed by atoms with Crippen LogP contribution in [-0.2, 0) is 16.6 Å². The van der Waals surface area contributed by atoms with E-state index in [2.05, 4.69) is 26.2 Å². The molecule has 3 aromatic rings. The van der Waals surface area contributed by atoms with Gasteiger partial charge in [0.2, 0.25) is 17.0 Å². The molecule has 1 aliphatic heterocycles. The van der Waals surface area contributed by atoms with Gasteiger partial charge in [0.1, 0.15) is 0 Å². The van der Waals surface area contributed by atoms with E-state index in [0.717, 1.165) is 12.1 Å². The average molecular weight is 452 g/mol. The summed E-state index contributed by atoms with van der Waals surface area (Å²) in [5, 5.41) is 17.2. The van der Waals surface area contributed by atoms with Crippen LogP contribution in [0.3, 0.4) is 0 Å². The van der Waals surface area contributed by atoms with Crippen molar-refractivity contribution >= 4 is 46.5 Å². The predicted molar refractivity (Wildman–Crippen MR) is 121 cm³/mol. The number of hydrogen-bond donors (Lipinski definition) is 2. The minimum atomic E-state index is -0.280. The second-order valence-electron chi connectivity index (χ2n) is 7.15. The minimum absolute atomic E-state index is 0.0952. The van der Waals surface area contributed by atoms with Crippen LogP contribution in [0.25, 0.3) is 0 Å². The first-order valence-electron chi connectivity index (χ1n) is 9.96. The number of anilines is 3. The lowest BCUT2D eigenvalue weighted by atomic mass is 10.2. The Morgan fingerprint density at radius 3 is 2.59 bits per heavy atom. The monoisotopic (exact) mass is 451 g/mol. The molecule has 10 nitrogen and oxygen atoms in total. The zero-order chi connectivity index (χ0) is 22.5. The second-order valence-corrected chi connectivity index (χ2v) is 8.10. The maximum absolute atomic E-state index is 12.6. The van der Waals surface area contributed by atoms with E-state index in [1.54, 1.807) is 48.3 Å². The Hall–Kier alpha value is -3.73. The summed E-state index contributed by atoms with van der Waals surface area (Å²) in [6.45, 7) is 0.692. The maximum atomic E-state index is 12.6. The van der Waals surface area contributed by atoms with Crippen molar-refractivity contribution in [3.05, 3.63) is 54.1 Å². The third-order valence-corrected chi connectivity index (χ3v) is 5.84. The molecule has 2 heterocycles. The standard InChI is InChI=1S/C21H21N7O3S/c1-27-21(24-25-26-27)32-13-18(29)22-15-9-7-14(8-10-15)20(31)23-16-4-2-5-17(12-16)28-11-3-6-19(28)30/h2,4-5,7-10,12H,3,6,11,13H2,1H3,(H,22,29)(H,23,31). The Morgan fingerprint density at radius 2 is 1.91 bits per heavy atom. The van der Waals surface area contributed by atoms with E-state index in [4.69, 9.17) is 0 Å². The highest BCUT2D eigenvalue weighted by molar-refractivity contribution is 7.99. The molecular weight excluding hydrogens is 430 g/mol. The molecule has 1 saturated heterocycles. The highest BCUT2D eigenvalue weighted by Crippen LogP contribution is 2.24. The van der Waals surface area contributed by atoms with Crippen molar-refractivity contribution in [2.75, 3.05) is 27.8 Å². The molecule has 2 aromatic carbocycles. The van der Waals surface area contributed by atoms with Gasteiger partial charge in [-0.2, -0.15) is 0 Å². The van der Waals surface area contributed by atoms with Crippen LogP contribution in [-0.4, -0.2) is 50.2 Å². The van der Waals surface area contributed by atoms with Gasteiger partial charge in [-0.05, 0) is 59.3 Å². The summed E-state index contributed by atoms with van der Waals surface area (Å²) in [5.41, 5.74) is 2.42. The number of nitrogens with one attached hydrogen (secondary N) is 2. The predicted octanol–water partition coefficient (Wildman–Crippen LogP) is 2.32. The van der Waals surface area contributed by atoms with Gasteiger partial charge in [0.05, 0.1) is 5.75 Å². The molecule has 1 aromatic heterocycles. The van der Waals surface area contributed by atoms with Crippen LogP contribution in [0.1, 0.15) is 23.2 Å². The fourth-order valence-electron chi connectivity index (χ4n) is 3.25. The van der Waals surface area contributed by atoms with Crippen molar-refractivity contribution in [3.8, 4) is 0 Å². The number of rotatable bonds is 7. The van der Waals surface area contributed by atoms with Gasteiger partial charge in [0.15, 0.2) is 0 Å². The van der Waals surface area contributed by atoms with Crippen molar-refractivity contribution < 1.29 is 14.4 Å². The Kier molecular flexibility index (Phi) is 6.45. The van der Waals surface area contributed by atoms with Crippen molar-refractivity contribution in [2.45, 2.75) is 18.0 Å². The largest absolute Gasteiger partial charge is 0.325 e. The van der Waals surface area contributed by atoms with E-state index in [-0.39, 0.29) is 23.5 Å². The molecule has 0 radical (unpaired) electrons. The average Bonchev–Trinajstić information content (AvgIpc) is 3.40. The molecule has 0 spiro atoms. The molecule has 2 N–H and O–H groups in total. The third-order valence-electron chi connectivity index (χ3n) is 4.83. The first-order valence-corrected chi connectivity index (χ1v) is 10.9. The number of nitrogens with zero attached hydrogens (tertiary/aromatic N) is 5. The van der Waals surface area contributed by atoms with Gasteiger partial charge in [-0.25, -0.2) is 4.68 Å². The topological polar surface area (TPSA) is 122 Å². The number of tetrazole rings is 1.